The first-order valence-corrected chi connectivity index (χ1v) is 7.64. The highest BCUT2D eigenvalue weighted by Crippen LogP contribution is 2.26. The van der Waals surface area contributed by atoms with Gasteiger partial charge < -0.3 is 16.4 Å². The van der Waals surface area contributed by atoms with Crippen LogP contribution < -0.4 is 16.4 Å². The monoisotopic (exact) mass is 434 g/mol. The van der Waals surface area contributed by atoms with Crippen molar-refractivity contribution in [3.63, 3.8) is 0 Å². The highest BCUT2D eigenvalue weighted by molar-refractivity contribution is 14.0. The number of aryl methyl sites for hydroxylation is 1. The van der Waals surface area contributed by atoms with Crippen molar-refractivity contribution in [3.8, 4) is 0 Å². The van der Waals surface area contributed by atoms with Gasteiger partial charge in [-0.3, -0.25) is 9.79 Å². The maximum absolute atomic E-state index is 13.4. The summed E-state index contributed by atoms with van der Waals surface area (Å²) in [5.74, 6) is 0.405. The van der Waals surface area contributed by atoms with Crippen LogP contribution in [0.15, 0.2) is 23.2 Å². The number of amides is 1. The fourth-order valence-electron chi connectivity index (χ4n) is 2.16. The summed E-state index contributed by atoms with van der Waals surface area (Å²) < 4.78 is 13.4. The SMILES string of the molecule is Cc1ccc(C(=O)NCCNC(N)=NCC2CCC2)cc1F.I. The van der Waals surface area contributed by atoms with E-state index in [0.29, 0.717) is 36.1 Å². The van der Waals surface area contributed by atoms with E-state index in [2.05, 4.69) is 15.6 Å². The molecule has 1 aliphatic rings. The molecule has 4 N–H and O–H groups in total. The molecule has 0 saturated heterocycles. The number of aliphatic imine (C=N–C) groups is 1. The van der Waals surface area contributed by atoms with Crippen LogP contribution in [0.25, 0.3) is 0 Å². The van der Waals surface area contributed by atoms with Gasteiger partial charge in [0.05, 0.1) is 0 Å². The van der Waals surface area contributed by atoms with E-state index in [-0.39, 0.29) is 35.7 Å². The minimum Gasteiger partial charge on any atom is -0.370 e. The Morgan fingerprint density at radius 1 is 1.35 bits per heavy atom. The third-order valence-electron chi connectivity index (χ3n) is 3.90. The van der Waals surface area contributed by atoms with Crippen molar-refractivity contribution in [1.29, 1.82) is 0 Å². The van der Waals surface area contributed by atoms with Crippen LogP contribution in [0.2, 0.25) is 0 Å². The number of nitrogens with zero attached hydrogens (tertiary/aromatic N) is 1. The average Bonchev–Trinajstić information content (AvgIpc) is 2.44. The number of guanidine groups is 1. The molecule has 1 saturated carbocycles. The molecule has 5 nitrogen and oxygen atoms in total. The summed E-state index contributed by atoms with van der Waals surface area (Å²) in [5.41, 5.74) is 6.58. The summed E-state index contributed by atoms with van der Waals surface area (Å²) in [5, 5.41) is 5.66. The highest BCUT2D eigenvalue weighted by Gasteiger charge is 2.16. The smallest absolute Gasteiger partial charge is 0.251 e. The van der Waals surface area contributed by atoms with Crippen LogP contribution in [-0.4, -0.2) is 31.5 Å². The molecular formula is C16H24FIN4O. The second-order valence-corrected chi connectivity index (χ2v) is 5.67. The molecular weight excluding hydrogens is 410 g/mol. The molecule has 0 heterocycles. The lowest BCUT2D eigenvalue weighted by atomic mass is 9.86. The summed E-state index contributed by atoms with van der Waals surface area (Å²) in [6.45, 7) is 3.31. The van der Waals surface area contributed by atoms with E-state index >= 15 is 0 Å². The zero-order chi connectivity index (χ0) is 15.9. The largest absolute Gasteiger partial charge is 0.370 e. The van der Waals surface area contributed by atoms with Gasteiger partial charge in [-0.15, -0.1) is 24.0 Å². The topological polar surface area (TPSA) is 79.5 Å². The summed E-state index contributed by atoms with van der Waals surface area (Å²) in [7, 11) is 0. The number of halogens is 2. The third-order valence-corrected chi connectivity index (χ3v) is 3.90. The predicted molar refractivity (Wildman–Crippen MR) is 101 cm³/mol. The Bertz CT molecular complexity index is 561. The minimum atomic E-state index is -0.377. The number of nitrogens with two attached hydrogens (primary N) is 1. The standard InChI is InChI=1S/C16H23FN4O.HI/c1-11-5-6-13(9-14(11)17)15(22)19-7-8-20-16(18)21-10-12-3-2-4-12;/h5-6,9,12H,2-4,7-8,10H2,1H3,(H,19,22)(H3,18,20,21);1H. The first-order chi connectivity index (χ1) is 10.6. The van der Waals surface area contributed by atoms with Gasteiger partial charge in [0.1, 0.15) is 5.82 Å². The minimum absolute atomic E-state index is 0. The van der Waals surface area contributed by atoms with Crippen molar-refractivity contribution < 1.29 is 9.18 Å². The second-order valence-electron chi connectivity index (χ2n) is 5.67. The molecule has 0 aliphatic heterocycles. The maximum atomic E-state index is 13.4. The molecule has 0 atom stereocenters. The molecule has 1 aromatic carbocycles. The first kappa shape index (κ1) is 19.7. The number of nitrogens with one attached hydrogen (secondary N) is 2. The lowest BCUT2D eigenvalue weighted by molar-refractivity contribution is 0.0954. The molecule has 128 valence electrons. The van der Waals surface area contributed by atoms with Crippen molar-refractivity contribution in [2.75, 3.05) is 19.6 Å². The Morgan fingerprint density at radius 2 is 2.04 bits per heavy atom. The molecule has 1 aliphatic carbocycles. The Hall–Kier alpha value is -1.38. The van der Waals surface area contributed by atoms with Gasteiger partial charge in [-0.2, -0.15) is 0 Å². The van der Waals surface area contributed by atoms with E-state index in [4.69, 9.17) is 5.73 Å². The molecule has 0 radical (unpaired) electrons. The molecule has 0 bridgehead atoms. The number of carbonyl (C=O) groups excluding carboxylic acids is 1. The molecule has 0 spiro atoms. The quantitative estimate of drug-likeness (QED) is 0.278. The van der Waals surface area contributed by atoms with Crippen LogP contribution in [0.4, 0.5) is 4.39 Å². The number of rotatable bonds is 6. The summed E-state index contributed by atoms with van der Waals surface area (Å²) in [6, 6.07) is 4.44. The average molecular weight is 434 g/mol. The van der Waals surface area contributed by atoms with E-state index in [9.17, 15) is 9.18 Å². The van der Waals surface area contributed by atoms with Crippen molar-refractivity contribution in [1.82, 2.24) is 10.6 Å². The fraction of sp³-hybridized carbons (Fsp3) is 0.500. The molecule has 1 fully saturated rings. The molecule has 7 heteroatoms. The number of hydrogen-bond donors (Lipinski definition) is 3. The Morgan fingerprint density at radius 3 is 2.65 bits per heavy atom. The van der Waals surface area contributed by atoms with Crippen LogP contribution in [0, 0.1) is 18.7 Å². The molecule has 2 rings (SSSR count). The van der Waals surface area contributed by atoms with Gasteiger partial charge in [-0.25, -0.2) is 4.39 Å². The lowest BCUT2D eigenvalue weighted by Gasteiger charge is -2.23. The van der Waals surface area contributed by atoms with Crippen LogP contribution in [0.1, 0.15) is 35.2 Å². The van der Waals surface area contributed by atoms with E-state index in [1.807, 2.05) is 0 Å². The van der Waals surface area contributed by atoms with Gasteiger partial charge >= 0.3 is 0 Å². The zero-order valence-corrected chi connectivity index (χ0v) is 15.6. The van der Waals surface area contributed by atoms with Crippen molar-refractivity contribution in [2.45, 2.75) is 26.2 Å². The lowest BCUT2D eigenvalue weighted by Crippen LogP contribution is -2.38. The van der Waals surface area contributed by atoms with Crippen molar-refractivity contribution >= 4 is 35.8 Å². The van der Waals surface area contributed by atoms with E-state index in [0.717, 1.165) is 6.54 Å². The third kappa shape index (κ3) is 6.32. The first-order valence-electron chi connectivity index (χ1n) is 7.64. The van der Waals surface area contributed by atoms with Crippen molar-refractivity contribution in [2.24, 2.45) is 16.6 Å². The Balaban J connectivity index is 0.00000264. The van der Waals surface area contributed by atoms with Gasteiger partial charge in [0, 0.05) is 25.2 Å². The van der Waals surface area contributed by atoms with Crippen LogP contribution in [0.3, 0.4) is 0 Å². The van der Waals surface area contributed by atoms with Crippen molar-refractivity contribution in [3.05, 3.63) is 35.1 Å². The Labute approximate surface area is 153 Å². The molecule has 23 heavy (non-hydrogen) atoms. The predicted octanol–water partition coefficient (Wildman–Crippen LogP) is 2.19. The van der Waals surface area contributed by atoms with Gasteiger partial charge in [0.2, 0.25) is 0 Å². The Kier molecular flexibility index (Phi) is 8.29. The number of benzene rings is 1. The number of hydrogen-bond acceptors (Lipinski definition) is 2. The summed E-state index contributed by atoms with van der Waals surface area (Å²) >= 11 is 0. The summed E-state index contributed by atoms with van der Waals surface area (Å²) in [4.78, 5) is 16.1. The number of carbonyl (C=O) groups is 1. The zero-order valence-electron chi connectivity index (χ0n) is 13.3. The summed E-state index contributed by atoms with van der Waals surface area (Å²) in [6.07, 6.45) is 3.76. The maximum Gasteiger partial charge on any atom is 0.251 e. The van der Waals surface area contributed by atoms with Crippen LogP contribution in [-0.2, 0) is 0 Å². The van der Waals surface area contributed by atoms with E-state index in [1.54, 1.807) is 19.1 Å². The highest BCUT2D eigenvalue weighted by atomic mass is 127. The van der Waals surface area contributed by atoms with Crippen LogP contribution in [0.5, 0.6) is 0 Å². The molecule has 0 unspecified atom stereocenters. The second kappa shape index (κ2) is 9.69. The molecule has 1 amide bonds. The van der Waals surface area contributed by atoms with Gasteiger partial charge in [-0.05, 0) is 43.4 Å². The van der Waals surface area contributed by atoms with Crippen LogP contribution >= 0.6 is 24.0 Å². The fourth-order valence-corrected chi connectivity index (χ4v) is 2.16. The van der Waals surface area contributed by atoms with E-state index < -0.39 is 0 Å². The molecule has 1 aromatic rings. The molecule has 0 aromatic heterocycles. The normalized spacial score (nSPS) is 14.6. The van der Waals surface area contributed by atoms with E-state index in [1.165, 1.54) is 25.3 Å². The van der Waals surface area contributed by atoms with Gasteiger partial charge in [-0.1, -0.05) is 12.5 Å². The van der Waals surface area contributed by atoms with Gasteiger partial charge in [0.15, 0.2) is 5.96 Å². The van der Waals surface area contributed by atoms with Gasteiger partial charge in [0.25, 0.3) is 5.91 Å².